The molecule has 2 aromatic heterocycles. The van der Waals surface area contributed by atoms with Crippen molar-refractivity contribution in [3.8, 4) is 5.69 Å². The molecule has 0 unspecified atom stereocenters. The van der Waals surface area contributed by atoms with Crippen molar-refractivity contribution >= 4 is 22.9 Å². The fourth-order valence-electron chi connectivity index (χ4n) is 5.14. The number of aromatic nitrogens is 2. The third-order valence-corrected chi connectivity index (χ3v) is 8.55. The van der Waals surface area contributed by atoms with E-state index in [2.05, 4.69) is 45.6 Å². The highest BCUT2D eigenvalue weighted by molar-refractivity contribution is 7.16. The van der Waals surface area contributed by atoms with E-state index in [0.29, 0.717) is 12.6 Å². The maximum Gasteiger partial charge on any atom is 0.110 e. The van der Waals surface area contributed by atoms with Gasteiger partial charge in [-0.05, 0) is 56.4 Å². The lowest BCUT2D eigenvalue weighted by atomic mass is 9.81. The van der Waals surface area contributed by atoms with Gasteiger partial charge in [-0.2, -0.15) is 0 Å². The van der Waals surface area contributed by atoms with E-state index in [1.54, 1.807) is 11.3 Å². The first-order valence-corrected chi connectivity index (χ1v) is 12.1. The van der Waals surface area contributed by atoms with Crippen molar-refractivity contribution in [1.82, 2.24) is 14.5 Å². The number of hydrogen-bond acceptors (Lipinski definition) is 5. The first kappa shape index (κ1) is 21.2. The van der Waals surface area contributed by atoms with Crippen LogP contribution in [0.3, 0.4) is 0 Å². The zero-order valence-electron chi connectivity index (χ0n) is 18.0. The van der Waals surface area contributed by atoms with Crippen LogP contribution in [0, 0.1) is 6.92 Å². The predicted octanol–water partition coefficient (Wildman–Crippen LogP) is 4.84. The van der Waals surface area contributed by atoms with E-state index in [1.165, 1.54) is 16.0 Å². The number of halogens is 1. The Balaban J connectivity index is 1.31. The number of rotatable bonds is 4. The zero-order valence-corrected chi connectivity index (χ0v) is 19.5. The van der Waals surface area contributed by atoms with Crippen molar-refractivity contribution in [2.75, 3.05) is 13.2 Å². The van der Waals surface area contributed by atoms with Crippen LogP contribution >= 0.6 is 22.9 Å². The number of piperidine rings is 1. The molecule has 5 rings (SSSR count). The normalized spacial score (nSPS) is 23.9. The van der Waals surface area contributed by atoms with E-state index in [-0.39, 0.29) is 12.2 Å². The van der Waals surface area contributed by atoms with Crippen LogP contribution in [0.25, 0.3) is 5.69 Å². The molecule has 0 radical (unpaired) electrons. The van der Waals surface area contributed by atoms with Crippen LogP contribution in [-0.4, -0.2) is 38.8 Å². The van der Waals surface area contributed by atoms with Gasteiger partial charge >= 0.3 is 0 Å². The second-order valence-electron chi connectivity index (χ2n) is 8.70. The lowest BCUT2D eigenvalue weighted by Gasteiger charge is -2.47. The highest BCUT2D eigenvalue weighted by Crippen LogP contribution is 2.49. The minimum atomic E-state index is -0.256. The lowest BCUT2D eigenvalue weighted by Crippen LogP contribution is -2.50. The van der Waals surface area contributed by atoms with E-state index in [1.807, 2.05) is 19.3 Å². The number of hydrogen-bond donors (Lipinski definition) is 1. The standard InChI is InChI=1S/C24H28ClN3O2S/c1-16-13-24(22-20(7-12-30-24)21(15-29)23(25)31-22)8-10-27(16)14-18-3-5-19(6-4-18)28-11-9-26-17(28)2/h3-6,9,11,16,29H,7-8,10,12-15H2,1-2H3/t16-,24+/m0/s1. The quantitative estimate of drug-likeness (QED) is 0.609. The number of likely N-dealkylation sites (tertiary alicyclic amines) is 1. The van der Waals surface area contributed by atoms with Gasteiger partial charge in [-0.1, -0.05) is 23.7 Å². The van der Waals surface area contributed by atoms with Crippen molar-refractivity contribution < 1.29 is 9.84 Å². The summed E-state index contributed by atoms with van der Waals surface area (Å²) in [6.45, 7) is 6.94. The Morgan fingerprint density at radius 2 is 2.13 bits per heavy atom. The van der Waals surface area contributed by atoms with Crippen molar-refractivity contribution in [3.63, 3.8) is 0 Å². The van der Waals surface area contributed by atoms with E-state index < -0.39 is 0 Å². The molecule has 0 aliphatic carbocycles. The van der Waals surface area contributed by atoms with Crippen LogP contribution in [0.5, 0.6) is 0 Å². The minimum Gasteiger partial charge on any atom is -0.392 e. The molecule has 0 saturated carbocycles. The molecule has 1 fully saturated rings. The Bertz CT molecular complexity index is 1080. The molecule has 2 atom stereocenters. The second-order valence-corrected chi connectivity index (χ2v) is 10.3. The molecular formula is C24H28ClN3O2S. The van der Waals surface area contributed by atoms with Gasteiger partial charge in [0, 0.05) is 47.7 Å². The van der Waals surface area contributed by atoms with Gasteiger partial charge in [0.1, 0.15) is 11.4 Å². The summed E-state index contributed by atoms with van der Waals surface area (Å²) in [7, 11) is 0. The summed E-state index contributed by atoms with van der Waals surface area (Å²) in [6, 6.07) is 9.16. The number of aliphatic hydroxyl groups excluding tert-OH is 1. The summed E-state index contributed by atoms with van der Waals surface area (Å²) in [6.07, 6.45) is 6.58. The molecule has 1 N–H and O–H groups in total. The van der Waals surface area contributed by atoms with Gasteiger partial charge in [0.2, 0.25) is 0 Å². The fraction of sp³-hybridized carbons (Fsp3) is 0.458. The first-order valence-electron chi connectivity index (χ1n) is 10.9. The largest absolute Gasteiger partial charge is 0.392 e. The van der Waals surface area contributed by atoms with Gasteiger partial charge in [0.05, 0.1) is 17.6 Å². The van der Waals surface area contributed by atoms with E-state index in [9.17, 15) is 5.11 Å². The summed E-state index contributed by atoms with van der Waals surface area (Å²) in [5.74, 6) is 0.993. The third-order valence-electron chi connectivity index (χ3n) is 6.85. The Labute approximate surface area is 192 Å². The predicted molar refractivity (Wildman–Crippen MR) is 124 cm³/mol. The molecule has 164 valence electrons. The smallest absolute Gasteiger partial charge is 0.110 e. The number of benzene rings is 1. The monoisotopic (exact) mass is 457 g/mol. The topological polar surface area (TPSA) is 50.5 Å². The second kappa shape index (κ2) is 8.34. The van der Waals surface area contributed by atoms with Gasteiger partial charge in [0.15, 0.2) is 0 Å². The van der Waals surface area contributed by atoms with Gasteiger partial charge in [0.25, 0.3) is 0 Å². The van der Waals surface area contributed by atoms with E-state index in [0.717, 1.165) is 53.8 Å². The number of imidazole rings is 1. The Hall–Kier alpha value is -1.70. The lowest BCUT2D eigenvalue weighted by molar-refractivity contribution is -0.110. The number of thiophene rings is 1. The molecule has 0 amide bonds. The highest BCUT2D eigenvalue weighted by atomic mass is 35.5. The molecule has 4 heterocycles. The van der Waals surface area contributed by atoms with Crippen molar-refractivity contribution in [2.45, 2.75) is 57.9 Å². The number of aryl methyl sites for hydroxylation is 1. The first-order chi connectivity index (χ1) is 15.0. The van der Waals surface area contributed by atoms with Crippen LogP contribution in [0.4, 0.5) is 0 Å². The Morgan fingerprint density at radius 1 is 1.32 bits per heavy atom. The molecule has 7 heteroatoms. The number of ether oxygens (including phenoxy) is 1. The highest BCUT2D eigenvalue weighted by Gasteiger charge is 2.45. The molecule has 2 aliphatic heterocycles. The van der Waals surface area contributed by atoms with Gasteiger partial charge in [-0.15, -0.1) is 11.3 Å². The van der Waals surface area contributed by atoms with Gasteiger partial charge in [-0.3, -0.25) is 4.90 Å². The average molecular weight is 458 g/mol. The molecule has 1 spiro atoms. The van der Waals surface area contributed by atoms with Crippen molar-refractivity contribution in [2.24, 2.45) is 0 Å². The summed E-state index contributed by atoms with van der Waals surface area (Å²) in [4.78, 5) is 8.10. The van der Waals surface area contributed by atoms with Crippen molar-refractivity contribution in [3.05, 3.63) is 68.4 Å². The molecule has 1 saturated heterocycles. The van der Waals surface area contributed by atoms with Crippen LogP contribution in [0.15, 0.2) is 36.7 Å². The number of fused-ring (bicyclic) bond motifs is 2. The molecule has 3 aromatic rings. The van der Waals surface area contributed by atoms with Crippen LogP contribution in [0.2, 0.25) is 4.34 Å². The molecule has 5 nitrogen and oxygen atoms in total. The fourth-order valence-corrected chi connectivity index (χ4v) is 6.82. The maximum absolute atomic E-state index is 9.77. The molecule has 31 heavy (non-hydrogen) atoms. The van der Waals surface area contributed by atoms with Crippen molar-refractivity contribution in [1.29, 1.82) is 0 Å². The molecule has 1 aromatic carbocycles. The summed E-state index contributed by atoms with van der Waals surface area (Å²) in [5, 5.41) is 9.77. The third kappa shape index (κ3) is 3.74. The Kier molecular flexibility index (Phi) is 5.69. The molecular weight excluding hydrogens is 430 g/mol. The zero-order chi connectivity index (χ0) is 21.6. The van der Waals surface area contributed by atoms with Crippen LogP contribution in [0.1, 0.15) is 47.2 Å². The SMILES string of the molecule is Cc1nccn1-c1ccc(CN2CC[C@]3(C[C@@H]2C)OCCc2c3sc(Cl)c2CO)cc1. The number of aliphatic hydroxyl groups is 1. The van der Waals surface area contributed by atoms with Gasteiger partial charge in [-0.25, -0.2) is 4.98 Å². The molecule has 0 bridgehead atoms. The number of nitrogens with zero attached hydrogens (tertiary/aromatic N) is 3. The van der Waals surface area contributed by atoms with Crippen LogP contribution in [-0.2, 0) is 29.9 Å². The van der Waals surface area contributed by atoms with E-state index in [4.69, 9.17) is 16.3 Å². The summed E-state index contributed by atoms with van der Waals surface area (Å²) < 4.78 is 9.24. The maximum atomic E-state index is 9.77. The van der Waals surface area contributed by atoms with Crippen LogP contribution < -0.4 is 0 Å². The summed E-state index contributed by atoms with van der Waals surface area (Å²) in [5.41, 5.74) is 4.34. The minimum absolute atomic E-state index is 0.0109. The average Bonchev–Trinajstić information content (AvgIpc) is 3.34. The molecule has 2 aliphatic rings. The van der Waals surface area contributed by atoms with E-state index >= 15 is 0 Å². The van der Waals surface area contributed by atoms with Gasteiger partial charge < -0.3 is 14.4 Å². The summed E-state index contributed by atoms with van der Waals surface area (Å²) >= 11 is 8.07. The Morgan fingerprint density at radius 3 is 2.81 bits per heavy atom.